The first-order valence-corrected chi connectivity index (χ1v) is 15.9. The van der Waals surface area contributed by atoms with E-state index in [1.54, 1.807) is 0 Å². The number of carbonyl (C=O) groups excluding carboxylic acids is 2. The summed E-state index contributed by atoms with van der Waals surface area (Å²) in [6, 6.07) is 18.1. The Morgan fingerprint density at radius 3 is 0.929 bits per heavy atom. The predicted molar refractivity (Wildman–Crippen MR) is 175 cm³/mol. The fraction of sp³-hybridized carbons (Fsp3) is 0.632. The van der Waals surface area contributed by atoms with E-state index in [0.29, 0.717) is 12.8 Å². The van der Waals surface area contributed by atoms with Crippen molar-refractivity contribution in [2.75, 3.05) is 14.2 Å². The molecule has 0 aromatic heterocycles. The Kier molecular flexibility index (Phi) is 12.9. The van der Waals surface area contributed by atoms with Crippen LogP contribution in [0.25, 0.3) is 0 Å². The van der Waals surface area contributed by atoms with Gasteiger partial charge < -0.3 is 9.47 Å². The number of benzene rings is 2. The van der Waals surface area contributed by atoms with E-state index in [-0.39, 0.29) is 33.6 Å². The SMILES string of the molecule is COC(=O)CCC(C)(C)c1ccc(C(C)(C)CCCCCCC(C)(C)c2ccc(C(C)(C)CCC(=O)OC)cc2)cc1. The molecule has 0 atom stereocenters. The quantitative estimate of drug-likeness (QED) is 0.138. The van der Waals surface area contributed by atoms with E-state index in [9.17, 15) is 9.59 Å². The minimum Gasteiger partial charge on any atom is -0.469 e. The second-order valence-corrected chi connectivity index (χ2v) is 14.8. The molecular formula is C38H58O4. The molecule has 2 rings (SSSR count). The number of ether oxygens (including phenoxy) is 2. The molecular weight excluding hydrogens is 520 g/mol. The lowest BCUT2D eigenvalue weighted by Gasteiger charge is -2.29. The molecule has 2 aromatic carbocycles. The van der Waals surface area contributed by atoms with E-state index in [2.05, 4.69) is 104 Å². The molecule has 234 valence electrons. The van der Waals surface area contributed by atoms with Crippen LogP contribution in [0.4, 0.5) is 0 Å². The minimum absolute atomic E-state index is 0.0605. The Labute approximate surface area is 257 Å². The normalized spacial score (nSPS) is 12.7. The summed E-state index contributed by atoms with van der Waals surface area (Å²) in [4.78, 5) is 23.2. The van der Waals surface area contributed by atoms with Crippen LogP contribution in [0, 0.1) is 0 Å². The van der Waals surface area contributed by atoms with Crippen molar-refractivity contribution in [1.82, 2.24) is 0 Å². The smallest absolute Gasteiger partial charge is 0.305 e. The Bertz CT molecular complexity index is 1030. The Hall–Kier alpha value is -2.62. The van der Waals surface area contributed by atoms with Crippen molar-refractivity contribution >= 4 is 11.9 Å². The summed E-state index contributed by atoms with van der Waals surface area (Å²) < 4.78 is 9.65. The molecule has 0 unspecified atom stereocenters. The maximum Gasteiger partial charge on any atom is 0.305 e. The number of carbonyl (C=O) groups is 2. The monoisotopic (exact) mass is 578 g/mol. The lowest BCUT2D eigenvalue weighted by atomic mass is 9.76. The van der Waals surface area contributed by atoms with E-state index in [1.807, 2.05) is 0 Å². The molecule has 0 fully saturated rings. The number of rotatable bonds is 17. The van der Waals surface area contributed by atoms with Crippen LogP contribution in [-0.2, 0) is 40.7 Å². The van der Waals surface area contributed by atoms with E-state index in [1.165, 1.54) is 75.0 Å². The molecule has 2 aromatic rings. The van der Waals surface area contributed by atoms with Crippen LogP contribution in [0.5, 0.6) is 0 Å². The molecule has 0 aliphatic rings. The van der Waals surface area contributed by atoms with Crippen molar-refractivity contribution in [2.24, 2.45) is 0 Å². The van der Waals surface area contributed by atoms with E-state index >= 15 is 0 Å². The van der Waals surface area contributed by atoms with Gasteiger partial charge in [-0.3, -0.25) is 9.59 Å². The van der Waals surface area contributed by atoms with Gasteiger partial charge >= 0.3 is 11.9 Å². The van der Waals surface area contributed by atoms with Crippen molar-refractivity contribution in [3.63, 3.8) is 0 Å². The first-order chi connectivity index (χ1) is 19.5. The van der Waals surface area contributed by atoms with Gasteiger partial charge in [0.1, 0.15) is 0 Å². The molecule has 0 saturated heterocycles. The lowest BCUT2D eigenvalue weighted by molar-refractivity contribution is -0.141. The van der Waals surface area contributed by atoms with Gasteiger partial charge in [-0.05, 0) is 69.6 Å². The number of unbranched alkanes of at least 4 members (excludes halogenated alkanes) is 3. The average molecular weight is 579 g/mol. The van der Waals surface area contributed by atoms with Gasteiger partial charge in [-0.15, -0.1) is 0 Å². The molecule has 0 radical (unpaired) electrons. The summed E-state index contributed by atoms with van der Waals surface area (Å²) in [5.41, 5.74) is 5.46. The molecule has 0 saturated carbocycles. The Balaban J connectivity index is 1.81. The summed E-state index contributed by atoms with van der Waals surface area (Å²) in [6.07, 6.45) is 9.77. The average Bonchev–Trinajstić information content (AvgIpc) is 2.96. The van der Waals surface area contributed by atoms with Gasteiger partial charge in [0.05, 0.1) is 14.2 Å². The van der Waals surface area contributed by atoms with Gasteiger partial charge in [-0.1, -0.05) is 130 Å². The topological polar surface area (TPSA) is 52.6 Å². The molecule has 4 heteroatoms. The van der Waals surface area contributed by atoms with Gasteiger partial charge in [0.25, 0.3) is 0 Å². The van der Waals surface area contributed by atoms with Crippen molar-refractivity contribution in [3.05, 3.63) is 70.8 Å². The zero-order valence-electron chi connectivity index (χ0n) is 28.3. The van der Waals surface area contributed by atoms with E-state index < -0.39 is 0 Å². The summed E-state index contributed by atoms with van der Waals surface area (Å²) >= 11 is 0. The van der Waals surface area contributed by atoms with Crippen LogP contribution in [0.2, 0.25) is 0 Å². The second kappa shape index (κ2) is 15.2. The summed E-state index contributed by atoms with van der Waals surface area (Å²) in [6.45, 7) is 18.2. The highest BCUT2D eigenvalue weighted by atomic mass is 16.5. The lowest BCUT2D eigenvalue weighted by Crippen LogP contribution is -2.21. The predicted octanol–water partition coefficient (Wildman–Crippen LogP) is 9.74. The first-order valence-electron chi connectivity index (χ1n) is 15.9. The van der Waals surface area contributed by atoms with Crippen LogP contribution in [0.1, 0.15) is 142 Å². The van der Waals surface area contributed by atoms with Gasteiger partial charge in [0.15, 0.2) is 0 Å². The third kappa shape index (κ3) is 10.6. The van der Waals surface area contributed by atoms with Crippen molar-refractivity contribution in [3.8, 4) is 0 Å². The zero-order valence-corrected chi connectivity index (χ0v) is 28.3. The van der Waals surface area contributed by atoms with Crippen molar-refractivity contribution in [1.29, 1.82) is 0 Å². The third-order valence-corrected chi connectivity index (χ3v) is 9.61. The summed E-state index contributed by atoms with van der Waals surface area (Å²) in [5.74, 6) is -0.291. The summed E-state index contributed by atoms with van der Waals surface area (Å²) in [5, 5.41) is 0. The molecule has 0 N–H and O–H groups in total. The maximum atomic E-state index is 11.6. The number of hydrogen-bond acceptors (Lipinski definition) is 4. The number of hydrogen-bond donors (Lipinski definition) is 0. The fourth-order valence-electron chi connectivity index (χ4n) is 5.84. The van der Waals surface area contributed by atoms with Gasteiger partial charge in [-0.2, -0.15) is 0 Å². The molecule has 4 nitrogen and oxygen atoms in total. The van der Waals surface area contributed by atoms with Gasteiger partial charge in [0, 0.05) is 12.8 Å². The highest BCUT2D eigenvalue weighted by Crippen LogP contribution is 2.35. The Morgan fingerprint density at radius 2 is 0.690 bits per heavy atom. The fourth-order valence-corrected chi connectivity index (χ4v) is 5.84. The van der Waals surface area contributed by atoms with Crippen LogP contribution in [-0.4, -0.2) is 26.2 Å². The number of esters is 2. The Morgan fingerprint density at radius 1 is 0.452 bits per heavy atom. The van der Waals surface area contributed by atoms with E-state index in [4.69, 9.17) is 9.47 Å². The van der Waals surface area contributed by atoms with Crippen LogP contribution >= 0.6 is 0 Å². The molecule has 0 amide bonds. The van der Waals surface area contributed by atoms with Crippen molar-refractivity contribution in [2.45, 2.75) is 141 Å². The maximum absolute atomic E-state index is 11.6. The van der Waals surface area contributed by atoms with Gasteiger partial charge in [0.2, 0.25) is 0 Å². The zero-order chi connectivity index (χ0) is 31.6. The van der Waals surface area contributed by atoms with Crippen LogP contribution < -0.4 is 0 Å². The minimum atomic E-state index is -0.146. The second-order valence-electron chi connectivity index (χ2n) is 14.8. The largest absolute Gasteiger partial charge is 0.469 e. The molecule has 42 heavy (non-hydrogen) atoms. The van der Waals surface area contributed by atoms with Gasteiger partial charge in [-0.25, -0.2) is 0 Å². The highest BCUT2D eigenvalue weighted by Gasteiger charge is 2.26. The molecule has 0 aliphatic carbocycles. The molecule has 0 spiro atoms. The molecule has 0 bridgehead atoms. The van der Waals surface area contributed by atoms with E-state index in [0.717, 1.165) is 12.8 Å². The van der Waals surface area contributed by atoms with Crippen molar-refractivity contribution < 1.29 is 19.1 Å². The number of methoxy groups -OCH3 is 2. The highest BCUT2D eigenvalue weighted by molar-refractivity contribution is 5.69. The standard InChI is InChI=1S/C38H58O4/c1-35(2,29-15-19-31(20-16-29)37(5,6)27-23-33(39)41-9)25-13-11-12-14-26-36(3,4)30-17-21-32(22-18-30)38(7,8)28-24-34(40)42-10/h15-22H,11-14,23-28H2,1-10H3. The summed E-state index contributed by atoms with van der Waals surface area (Å²) in [7, 11) is 2.90. The first kappa shape index (κ1) is 35.6. The molecule has 0 aliphatic heterocycles. The van der Waals surface area contributed by atoms with Crippen LogP contribution in [0.15, 0.2) is 48.5 Å². The molecule has 0 heterocycles. The third-order valence-electron chi connectivity index (χ3n) is 9.61. The van der Waals surface area contributed by atoms with Crippen LogP contribution in [0.3, 0.4) is 0 Å².